The number of benzene rings is 1. The summed E-state index contributed by atoms with van der Waals surface area (Å²) in [6, 6.07) is 8.52. The van der Waals surface area contributed by atoms with E-state index in [2.05, 4.69) is 34.5 Å². The molecule has 0 spiro atoms. The number of aliphatic hydroxyl groups is 2. The SMILES string of the molecule is OCCCCCCNc1ccccc1N1CCC(CO)CC1. The largest absolute Gasteiger partial charge is 0.396 e. The minimum Gasteiger partial charge on any atom is -0.396 e. The van der Waals surface area contributed by atoms with Crippen LogP contribution in [0, 0.1) is 5.92 Å². The van der Waals surface area contributed by atoms with Gasteiger partial charge in [0.05, 0.1) is 11.4 Å². The Balaban J connectivity index is 1.82. The molecular formula is C18H30N2O2. The second-order valence-corrected chi connectivity index (χ2v) is 6.19. The molecule has 1 aromatic rings. The van der Waals surface area contributed by atoms with Crippen molar-refractivity contribution in [2.75, 3.05) is 43.1 Å². The zero-order chi connectivity index (χ0) is 15.6. The van der Waals surface area contributed by atoms with E-state index in [1.165, 1.54) is 11.4 Å². The van der Waals surface area contributed by atoms with Crippen molar-refractivity contribution in [3.8, 4) is 0 Å². The van der Waals surface area contributed by atoms with Crippen LogP contribution in [0.4, 0.5) is 11.4 Å². The zero-order valence-corrected chi connectivity index (χ0v) is 13.5. The first-order valence-electron chi connectivity index (χ1n) is 8.64. The van der Waals surface area contributed by atoms with Crippen LogP contribution in [0.1, 0.15) is 38.5 Å². The van der Waals surface area contributed by atoms with E-state index in [9.17, 15) is 5.11 Å². The van der Waals surface area contributed by atoms with Gasteiger partial charge in [0, 0.05) is 32.8 Å². The highest BCUT2D eigenvalue weighted by molar-refractivity contribution is 5.70. The molecule has 0 unspecified atom stereocenters. The molecule has 0 atom stereocenters. The van der Waals surface area contributed by atoms with E-state index in [-0.39, 0.29) is 0 Å². The van der Waals surface area contributed by atoms with Crippen LogP contribution in [0.2, 0.25) is 0 Å². The van der Waals surface area contributed by atoms with Crippen LogP contribution in [0.25, 0.3) is 0 Å². The maximum atomic E-state index is 9.26. The van der Waals surface area contributed by atoms with E-state index in [0.717, 1.165) is 58.2 Å². The molecule has 3 N–H and O–H groups in total. The molecule has 0 aliphatic carbocycles. The fraction of sp³-hybridized carbons (Fsp3) is 0.667. The molecule has 1 heterocycles. The fourth-order valence-electron chi connectivity index (χ4n) is 3.07. The highest BCUT2D eigenvalue weighted by atomic mass is 16.3. The van der Waals surface area contributed by atoms with Gasteiger partial charge in [-0.2, -0.15) is 0 Å². The number of hydrogen-bond donors (Lipinski definition) is 3. The van der Waals surface area contributed by atoms with Gasteiger partial charge in [-0.25, -0.2) is 0 Å². The fourth-order valence-corrected chi connectivity index (χ4v) is 3.07. The van der Waals surface area contributed by atoms with E-state index < -0.39 is 0 Å². The van der Waals surface area contributed by atoms with Crippen molar-refractivity contribution in [2.24, 2.45) is 5.92 Å². The maximum Gasteiger partial charge on any atom is 0.0602 e. The van der Waals surface area contributed by atoms with Gasteiger partial charge >= 0.3 is 0 Å². The second kappa shape index (κ2) is 9.70. The van der Waals surface area contributed by atoms with Gasteiger partial charge in [-0.3, -0.25) is 0 Å². The predicted molar refractivity (Wildman–Crippen MR) is 92.5 cm³/mol. The molecule has 2 rings (SSSR count). The standard InChI is InChI=1S/C18H30N2O2/c21-14-6-2-1-5-11-19-17-7-3-4-8-18(17)20-12-9-16(15-22)10-13-20/h3-4,7-8,16,19,21-22H,1-2,5-6,9-15H2. The second-order valence-electron chi connectivity index (χ2n) is 6.19. The van der Waals surface area contributed by atoms with Gasteiger partial charge in [-0.15, -0.1) is 0 Å². The third-order valence-electron chi connectivity index (χ3n) is 4.52. The van der Waals surface area contributed by atoms with Crippen molar-refractivity contribution in [2.45, 2.75) is 38.5 Å². The number of rotatable bonds is 9. The van der Waals surface area contributed by atoms with Crippen LogP contribution in [0.3, 0.4) is 0 Å². The van der Waals surface area contributed by atoms with Crippen LogP contribution in [0.5, 0.6) is 0 Å². The average Bonchev–Trinajstić information content (AvgIpc) is 2.58. The molecule has 1 fully saturated rings. The lowest BCUT2D eigenvalue weighted by molar-refractivity contribution is 0.203. The quantitative estimate of drug-likeness (QED) is 0.614. The lowest BCUT2D eigenvalue weighted by Crippen LogP contribution is -2.35. The van der Waals surface area contributed by atoms with E-state index in [4.69, 9.17) is 5.11 Å². The Labute approximate surface area is 134 Å². The Morgan fingerprint density at radius 2 is 1.73 bits per heavy atom. The number of nitrogens with one attached hydrogen (secondary N) is 1. The number of unbranched alkanes of at least 4 members (excludes halogenated alkanes) is 3. The molecule has 1 aliphatic rings. The van der Waals surface area contributed by atoms with Crippen LogP contribution >= 0.6 is 0 Å². The van der Waals surface area contributed by atoms with Crippen LogP contribution in [-0.4, -0.2) is 43.1 Å². The Bertz CT molecular complexity index is 417. The zero-order valence-electron chi connectivity index (χ0n) is 13.5. The van der Waals surface area contributed by atoms with Gasteiger partial charge in [-0.05, 0) is 43.7 Å². The molecule has 0 saturated carbocycles. The summed E-state index contributed by atoms with van der Waals surface area (Å²) in [5.74, 6) is 0.475. The molecule has 22 heavy (non-hydrogen) atoms. The molecule has 0 amide bonds. The molecular weight excluding hydrogens is 276 g/mol. The first kappa shape index (κ1) is 17.1. The summed E-state index contributed by atoms with van der Waals surface area (Å²) >= 11 is 0. The minimum atomic E-state index is 0.306. The molecule has 0 aromatic heterocycles. The third-order valence-corrected chi connectivity index (χ3v) is 4.52. The van der Waals surface area contributed by atoms with Gasteiger partial charge < -0.3 is 20.4 Å². The normalized spacial score (nSPS) is 16.0. The molecule has 1 saturated heterocycles. The highest BCUT2D eigenvalue weighted by Gasteiger charge is 2.20. The molecule has 4 nitrogen and oxygen atoms in total. The van der Waals surface area contributed by atoms with Crippen molar-refractivity contribution >= 4 is 11.4 Å². The molecule has 0 radical (unpaired) electrons. The number of para-hydroxylation sites is 2. The van der Waals surface area contributed by atoms with Gasteiger partial charge in [0.25, 0.3) is 0 Å². The average molecular weight is 306 g/mol. The van der Waals surface area contributed by atoms with Crippen LogP contribution in [0.15, 0.2) is 24.3 Å². The number of aliphatic hydroxyl groups excluding tert-OH is 2. The summed E-state index contributed by atoms with van der Waals surface area (Å²) in [5, 5.41) is 21.6. The molecule has 124 valence electrons. The van der Waals surface area contributed by atoms with Gasteiger partial charge in [0.2, 0.25) is 0 Å². The lowest BCUT2D eigenvalue weighted by atomic mass is 9.97. The van der Waals surface area contributed by atoms with E-state index >= 15 is 0 Å². The van der Waals surface area contributed by atoms with Gasteiger partial charge in [0.1, 0.15) is 0 Å². The number of anilines is 2. The summed E-state index contributed by atoms with van der Waals surface area (Å²) in [4.78, 5) is 2.43. The highest BCUT2D eigenvalue weighted by Crippen LogP contribution is 2.29. The Hall–Kier alpha value is -1.26. The monoisotopic (exact) mass is 306 g/mol. The van der Waals surface area contributed by atoms with Crippen molar-refractivity contribution in [3.05, 3.63) is 24.3 Å². The number of nitrogens with zero attached hydrogens (tertiary/aromatic N) is 1. The molecule has 0 bridgehead atoms. The first-order valence-corrected chi connectivity index (χ1v) is 8.64. The number of hydrogen-bond acceptors (Lipinski definition) is 4. The third kappa shape index (κ3) is 5.18. The Kier molecular flexibility index (Phi) is 7.54. The summed E-state index contributed by atoms with van der Waals surface area (Å²) in [6.45, 7) is 3.66. The topological polar surface area (TPSA) is 55.7 Å². The minimum absolute atomic E-state index is 0.306. The van der Waals surface area contributed by atoms with E-state index in [0.29, 0.717) is 19.1 Å². The Morgan fingerprint density at radius 1 is 1.00 bits per heavy atom. The smallest absolute Gasteiger partial charge is 0.0602 e. The lowest BCUT2D eigenvalue weighted by Gasteiger charge is -2.34. The summed E-state index contributed by atoms with van der Waals surface area (Å²) < 4.78 is 0. The van der Waals surface area contributed by atoms with E-state index in [1.807, 2.05) is 0 Å². The van der Waals surface area contributed by atoms with Crippen LogP contribution < -0.4 is 10.2 Å². The Morgan fingerprint density at radius 3 is 2.45 bits per heavy atom. The van der Waals surface area contributed by atoms with Gasteiger partial charge in [0.15, 0.2) is 0 Å². The van der Waals surface area contributed by atoms with Crippen molar-refractivity contribution in [1.29, 1.82) is 0 Å². The van der Waals surface area contributed by atoms with Crippen molar-refractivity contribution in [3.63, 3.8) is 0 Å². The summed E-state index contributed by atoms with van der Waals surface area (Å²) in [5.41, 5.74) is 2.50. The van der Waals surface area contributed by atoms with Crippen LogP contribution in [-0.2, 0) is 0 Å². The van der Waals surface area contributed by atoms with Gasteiger partial charge in [-0.1, -0.05) is 25.0 Å². The molecule has 1 aromatic carbocycles. The van der Waals surface area contributed by atoms with Crippen molar-refractivity contribution in [1.82, 2.24) is 0 Å². The van der Waals surface area contributed by atoms with Crippen molar-refractivity contribution < 1.29 is 10.2 Å². The molecule has 4 heteroatoms. The maximum absolute atomic E-state index is 9.26. The summed E-state index contributed by atoms with van der Waals surface area (Å²) in [7, 11) is 0. The summed E-state index contributed by atoms with van der Waals surface area (Å²) in [6.07, 6.45) is 6.47. The predicted octanol–water partition coefficient (Wildman–Crippen LogP) is 2.86. The van der Waals surface area contributed by atoms with E-state index in [1.54, 1.807) is 0 Å². The number of piperidine rings is 1. The molecule has 1 aliphatic heterocycles. The first-order chi connectivity index (χ1) is 10.8.